The van der Waals surface area contributed by atoms with Crippen molar-refractivity contribution in [1.29, 1.82) is 0 Å². The molecule has 0 aliphatic carbocycles. The second-order valence-electron chi connectivity index (χ2n) is 3.01. The first kappa shape index (κ1) is 12.8. The standard InChI is InChI=1S/C8H18Cl2OSi/c1-3-12(9,10)8-6-4-5-7-11-2/h3-8H2,1-2H3. The third-order valence-corrected chi connectivity index (χ3v) is 6.77. The van der Waals surface area contributed by atoms with Gasteiger partial charge in [-0.05, 0) is 18.5 Å². The van der Waals surface area contributed by atoms with Gasteiger partial charge in [-0.15, -0.1) is 22.2 Å². The van der Waals surface area contributed by atoms with Crippen LogP contribution in [0, 0.1) is 0 Å². The van der Waals surface area contributed by atoms with E-state index in [1.165, 1.54) is 6.42 Å². The van der Waals surface area contributed by atoms with E-state index in [9.17, 15) is 0 Å². The van der Waals surface area contributed by atoms with Gasteiger partial charge in [0.2, 0.25) is 0 Å². The number of halogens is 2. The van der Waals surface area contributed by atoms with Gasteiger partial charge in [0.15, 0.2) is 0 Å². The Hall–Kier alpha value is 0.757. The minimum Gasteiger partial charge on any atom is -0.385 e. The lowest BCUT2D eigenvalue weighted by molar-refractivity contribution is 0.192. The van der Waals surface area contributed by atoms with Crippen LogP contribution in [-0.4, -0.2) is 20.4 Å². The molecule has 0 heterocycles. The first-order valence-electron chi connectivity index (χ1n) is 4.49. The predicted octanol–water partition coefficient (Wildman–Crippen LogP) is 3.74. The van der Waals surface area contributed by atoms with Crippen molar-refractivity contribution >= 4 is 28.9 Å². The molecule has 0 atom stereocenters. The van der Waals surface area contributed by atoms with E-state index >= 15 is 0 Å². The van der Waals surface area contributed by atoms with Crippen LogP contribution < -0.4 is 0 Å². The fourth-order valence-corrected chi connectivity index (χ4v) is 2.91. The molecule has 0 aromatic rings. The van der Waals surface area contributed by atoms with Gasteiger partial charge >= 0.3 is 0 Å². The van der Waals surface area contributed by atoms with Crippen LogP contribution >= 0.6 is 22.2 Å². The summed E-state index contributed by atoms with van der Waals surface area (Å²) in [5.74, 6) is 0. The molecule has 0 amide bonds. The smallest absolute Gasteiger partial charge is 0.251 e. The molecule has 4 heteroatoms. The highest BCUT2D eigenvalue weighted by atomic mass is 35.7. The monoisotopic (exact) mass is 228 g/mol. The summed E-state index contributed by atoms with van der Waals surface area (Å²) in [6, 6.07) is 1.98. The van der Waals surface area contributed by atoms with E-state index in [1.807, 2.05) is 0 Å². The summed E-state index contributed by atoms with van der Waals surface area (Å²) >= 11 is 12.2. The Morgan fingerprint density at radius 1 is 1.17 bits per heavy atom. The molecule has 0 rings (SSSR count). The Kier molecular flexibility index (Phi) is 7.64. The molecule has 0 unspecified atom stereocenters. The Labute approximate surface area is 85.8 Å². The minimum absolute atomic E-state index is 0.852. The van der Waals surface area contributed by atoms with Crippen LogP contribution in [0.25, 0.3) is 0 Å². The van der Waals surface area contributed by atoms with Crippen LogP contribution in [0.2, 0.25) is 12.1 Å². The Morgan fingerprint density at radius 2 is 1.83 bits per heavy atom. The van der Waals surface area contributed by atoms with Crippen molar-refractivity contribution < 1.29 is 4.74 Å². The van der Waals surface area contributed by atoms with Gasteiger partial charge in [-0.25, -0.2) is 0 Å². The van der Waals surface area contributed by atoms with Crippen molar-refractivity contribution in [1.82, 2.24) is 0 Å². The molecule has 12 heavy (non-hydrogen) atoms. The molecule has 0 saturated heterocycles. The minimum atomic E-state index is -1.83. The Morgan fingerprint density at radius 3 is 2.33 bits per heavy atom. The van der Waals surface area contributed by atoms with Crippen molar-refractivity contribution in [2.75, 3.05) is 13.7 Å². The van der Waals surface area contributed by atoms with Crippen LogP contribution in [0.5, 0.6) is 0 Å². The van der Waals surface area contributed by atoms with Gasteiger partial charge in [0.25, 0.3) is 6.69 Å². The summed E-state index contributed by atoms with van der Waals surface area (Å²) in [5, 5.41) is 0. The average Bonchev–Trinajstić information content (AvgIpc) is 2.04. The van der Waals surface area contributed by atoms with Gasteiger partial charge in [0.1, 0.15) is 0 Å². The SMILES string of the molecule is CC[Si](Cl)(Cl)CCCCCOC. The lowest BCUT2D eigenvalue weighted by Gasteiger charge is -2.12. The van der Waals surface area contributed by atoms with Crippen molar-refractivity contribution in [3.63, 3.8) is 0 Å². The second kappa shape index (κ2) is 7.19. The summed E-state index contributed by atoms with van der Waals surface area (Å²) in [7, 11) is 1.73. The Bertz CT molecular complexity index is 109. The normalized spacial score (nSPS) is 12.0. The van der Waals surface area contributed by atoms with E-state index in [-0.39, 0.29) is 0 Å². The van der Waals surface area contributed by atoms with Crippen molar-refractivity contribution in [2.45, 2.75) is 38.3 Å². The molecular weight excluding hydrogens is 211 g/mol. The number of hydrogen-bond acceptors (Lipinski definition) is 1. The fourth-order valence-electron chi connectivity index (χ4n) is 0.984. The van der Waals surface area contributed by atoms with E-state index in [0.717, 1.165) is 31.5 Å². The molecule has 1 nitrogen and oxygen atoms in total. The summed E-state index contributed by atoms with van der Waals surface area (Å²) in [6.07, 6.45) is 3.46. The number of methoxy groups -OCH3 is 1. The topological polar surface area (TPSA) is 9.23 Å². The molecule has 0 saturated carbocycles. The number of rotatable bonds is 7. The van der Waals surface area contributed by atoms with Gasteiger partial charge in [-0.1, -0.05) is 19.8 Å². The zero-order chi connectivity index (χ0) is 9.45. The molecule has 0 bridgehead atoms. The highest BCUT2D eigenvalue weighted by molar-refractivity contribution is 7.45. The third kappa shape index (κ3) is 7.41. The van der Waals surface area contributed by atoms with E-state index < -0.39 is 6.69 Å². The van der Waals surface area contributed by atoms with Crippen LogP contribution in [0.4, 0.5) is 0 Å². The molecular formula is C8H18Cl2OSi. The van der Waals surface area contributed by atoms with E-state index in [1.54, 1.807) is 7.11 Å². The second-order valence-corrected chi connectivity index (χ2v) is 10.9. The van der Waals surface area contributed by atoms with Crippen LogP contribution in [0.15, 0.2) is 0 Å². The van der Waals surface area contributed by atoms with Gasteiger partial charge in [0.05, 0.1) is 0 Å². The zero-order valence-electron chi connectivity index (χ0n) is 7.91. The van der Waals surface area contributed by atoms with Crippen molar-refractivity contribution in [3.05, 3.63) is 0 Å². The number of ether oxygens (including phenoxy) is 1. The molecule has 0 aromatic carbocycles. The zero-order valence-corrected chi connectivity index (χ0v) is 10.4. The van der Waals surface area contributed by atoms with Gasteiger partial charge in [-0.3, -0.25) is 0 Å². The number of hydrogen-bond donors (Lipinski definition) is 0. The maximum Gasteiger partial charge on any atom is 0.251 e. The van der Waals surface area contributed by atoms with Crippen LogP contribution in [-0.2, 0) is 4.74 Å². The first-order chi connectivity index (χ1) is 5.62. The highest BCUT2D eigenvalue weighted by Crippen LogP contribution is 2.27. The molecule has 0 radical (unpaired) electrons. The maximum atomic E-state index is 6.11. The van der Waals surface area contributed by atoms with Crippen LogP contribution in [0.3, 0.4) is 0 Å². The Balaban J connectivity index is 3.19. The lowest BCUT2D eigenvalue weighted by Crippen LogP contribution is -2.16. The fraction of sp³-hybridized carbons (Fsp3) is 1.00. The molecule has 0 N–H and O–H groups in total. The molecule has 0 aliphatic rings. The van der Waals surface area contributed by atoms with Gasteiger partial charge in [0, 0.05) is 13.7 Å². The van der Waals surface area contributed by atoms with Gasteiger partial charge < -0.3 is 4.74 Å². The highest BCUT2D eigenvalue weighted by Gasteiger charge is 2.24. The quantitative estimate of drug-likeness (QED) is 0.367. The average molecular weight is 229 g/mol. The summed E-state index contributed by atoms with van der Waals surface area (Å²) in [6.45, 7) is 1.09. The molecule has 0 aliphatic heterocycles. The predicted molar refractivity (Wildman–Crippen MR) is 58.5 cm³/mol. The summed E-state index contributed by atoms with van der Waals surface area (Å²) in [4.78, 5) is 0. The first-order valence-corrected chi connectivity index (χ1v) is 8.93. The van der Waals surface area contributed by atoms with E-state index in [2.05, 4.69) is 6.92 Å². The molecule has 0 spiro atoms. The molecule has 74 valence electrons. The largest absolute Gasteiger partial charge is 0.385 e. The molecule has 0 aromatic heterocycles. The molecule has 0 fully saturated rings. The summed E-state index contributed by atoms with van der Waals surface area (Å²) in [5.41, 5.74) is 0. The van der Waals surface area contributed by atoms with Gasteiger partial charge in [-0.2, -0.15) is 0 Å². The third-order valence-electron chi connectivity index (χ3n) is 1.91. The number of unbranched alkanes of at least 4 members (excludes halogenated alkanes) is 2. The summed E-state index contributed by atoms with van der Waals surface area (Å²) < 4.78 is 4.95. The van der Waals surface area contributed by atoms with E-state index in [4.69, 9.17) is 26.9 Å². The lowest BCUT2D eigenvalue weighted by atomic mass is 10.3. The maximum absolute atomic E-state index is 6.11. The van der Waals surface area contributed by atoms with Crippen molar-refractivity contribution in [3.8, 4) is 0 Å². The van der Waals surface area contributed by atoms with E-state index in [0.29, 0.717) is 0 Å². The van der Waals surface area contributed by atoms with Crippen LogP contribution in [0.1, 0.15) is 26.2 Å². The van der Waals surface area contributed by atoms with Crippen molar-refractivity contribution in [2.24, 2.45) is 0 Å².